The lowest BCUT2D eigenvalue weighted by Crippen LogP contribution is -2.53. The Bertz CT molecular complexity index is 1030. The molecule has 0 bridgehead atoms. The number of ether oxygens (including phenoxy) is 4. The van der Waals surface area contributed by atoms with E-state index >= 15 is 0 Å². The van der Waals surface area contributed by atoms with Crippen LogP contribution in [0.1, 0.15) is 29.4 Å². The summed E-state index contributed by atoms with van der Waals surface area (Å²) in [6.45, 7) is 1.32. The molecule has 0 saturated carbocycles. The minimum atomic E-state index is -4.56. The minimum absolute atomic E-state index is 0.0126. The maximum atomic E-state index is 13.8. The van der Waals surface area contributed by atoms with Gasteiger partial charge >= 0.3 is 6.18 Å². The van der Waals surface area contributed by atoms with Crippen molar-refractivity contribution in [2.75, 3.05) is 27.0 Å². The summed E-state index contributed by atoms with van der Waals surface area (Å²) in [5.41, 5.74) is -0.247. The Morgan fingerprint density at radius 3 is 2.79 bits per heavy atom. The van der Waals surface area contributed by atoms with E-state index in [9.17, 15) is 22.4 Å². The number of hydrogen-bond donors (Lipinski definition) is 0. The van der Waals surface area contributed by atoms with Crippen LogP contribution in [0.2, 0.25) is 0 Å². The summed E-state index contributed by atoms with van der Waals surface area (Å²) in [5, 5.41) is 0. The molecule has 3 heterocycles. The molecular formula is C22H22F4N2O5. The van der Waals surface area contributed by atoms with E-state index in [1.54, 1.807) is 12.1 Å². The smallest absolute Gasteiger partial charge is 0.425 e. The van der Waals surface area contributed by atoms with Crippen molar-refractivity contribution in [3.05, 3.63) is 53.5 Å². The molecule has 2 aliphatic rings. The highest BCUT2D eigenvalue weighted by Crippen LogP contribution is 2.43. The molecule has 2 aromatic rings. The number of rotatable bonds is 5. The van der Waals surface area contributed by atoms with Crippen LogP contribution in [0.4, 0.5) is 17.6 Å². The average molecular weight is 470 g/mol. The molecule has 2 saturated heterocycles. The largest absolute Gasteiger partial charge is 0.478 e. The monoisotopic (exact) mass is 470 g/mol. The summed E-state index contributed by atoms with van der Waals surface area (Å²) >= 11 is 0. The number of halogens is 4. The third-order valence-corrected chi connectivity index (χ3v) is 5.85. The van der Waals surface area contributed by atoms with Gasteiger partial charge in [-0.1, -0.05) is 12.1 Å². The van der Waals surface area contributed by atoms with Gasteiger partial charge in [0.2, 0.25) is 0 Å². The number of carbonyl (C=O) groups is 1. The summed E-state index contributed by atoms with van der Waals surface area (Å²) < 4.78 is 73.7. The van der Waals surface area contributed by atoms with E-state index in [-0.39, 0.29) is 37.2 Å². The number of carbonyl (C=O) groups excluding carboxylic acids is 1. The van der Waals surface area contributed by atoms with Crippen LogP contribution in [0.25, 0.3) is 0 Å². The van der Waals surface area contributed by atoms with E-state index in [1.807, 2.05) is 0 Å². The van der Waals surface area contributed by atoms with Gasteiger partial charge in [0.05, 0.1) is 13.7 Å². The van der Waals surface area contributed by atoms with Gasteiger partial charge in [-0.3, -0.25) is 4.79 Å². The van der Waals surface area contributed by atoms with E-state index in [4.69, 9.17) is 18.9 Å². The summed E-state index contributed by atoms with van der Waals surface area (Å²) in [6, 6.07) is 8.59. The molecule has 4 rings (SSSR count). The molecule has 11 heteroatoms. The first-order valence-electron chi connectivity index (χ1n) is 10.2. The number of amides is 1. The SMILES string of the molecule is COc1nc(C(=O)N2CCC3(c4cccc(F)c4)OCOC3C2)ccc1OC(C)C(F)(F)F. The number of likely N-dealkylation sites (tertiary alicyclic amines) is 1. The predicted octanol–water partition coefficient (Wildman–Crippen LogP) is 3.67. The van der Waals surface area contributed by atoms with E-state index in [0.29, 0.717) is 12.0 Å². The zero-order chi connectivity index (χ0) is 23.8. The molecule has 2 aliphatic heterocycles. The zero-order valence-electron chi connectivity index (χ0n) is 17.9. The second-order valence-corrected chi connectivity index (χ2v) is 7.82. The fraction of sp³-hybridized carbons (Fsp3) is 0.455. The van der Waals surface area contributed by atoms with Crippen molar-refractivity contribution in [1.82, 2.24) is 9.88 Å². The van der Waals surface area contributed by atoms with Gasteiger partial charge in [-0.15, -0.1) is 0 Å². The van der Waals surface area contributed by atoms with Crippen LogP contribution < -0.4 is 9.47 Å². The Labute approximate surface area is 187 Å². The molecule has 1 aromatic heterocycles. The average Bonchev–Trinajstić information content (AvgIpc) is 3.22. The van der Waals surface area contributed by atoms with Crippen LogP contribution in [-0.4, -0.2) is 61.2 Å². The van der Waals surface area contributed by atoms with Crippen molar-refractivity contribution in [3.8, 4) is 11.6 Å². The van der Waals surface area contributed by atoms with E-state index in [1.165, 1.54) is 36.3 Å². The number of hydrogen-bond acceptors (Lipinski definition) is 6. The van der Waals surface area contributed by atoms with Crippen molar-refractivity contribution >= 4 is 5.91 Å². The number of aromatic nitrogens is 1. The molecule has 3 unspecified atom stereocenters. The predicted molar refractivity (Wildman–Crippen MR) is 106 cm³/mol. The maximum absolute atomic E-state index is 13.8. The van der Waals surface area contributed by atoms with Gasteiger partial charge in [-0.2, -0.15) is 13.2 Å². The quantitative estimate of drug-likeness (QED) is 0.622. The molecule has 7 nitrogen and oxygen atoms in total. The fourth-order valence-electron chi connectivity index (χ4n) is 4.03. The highest BCUT2D eigenvalue weighted by atomic mass is 19.4. The Morgan fingerprint density at radius 1 is 1.30 bits per heavy atom. The molecule has 0 aliphatic carbocycles. The molecule has 178 valence electrons. The van der Waals surface area contributed by atoms with E-state index in [2.05, 4.69) is 4.98 Å². The summed E-state index contributed by atoms with van der Waals surface area (Å²) in [4.78, 5) is 18.6. The number of methoxy groups -OCH3 is 1. The van der Waals surface area contributed by atoms with Gasteiger partial charge in [-0.25, -0.2) is 9.37 Å². The highest BCUT2D eigenvalue weighted by Gasteiger charge is 2.51. The van der Waals surface area contributed by atoms with Crippen molar-refractivity contribution < 1.29 is 41.3 Å². The Morgan fingerprint density at radius 2 is 2.09 bits per heavy atom. The molecule has 0 radical (unpaired) electrons. The second kappa shape index (κ2) is 8.79. The Kier molecular flexibility index (Phi) is 6.19. The van der Waals surface area contributed by atoms with Crippen LogP contribution in [0.15, 0.2) is 36.4 Å². The number of pyridine rings is 1. The number of piperidine rings is 1. The second-order valence-electron chi connectivity index (χ2n) is 7.82. The summed E-state index contributed by atoms with van der Waals surface area (Å²) in [5.74, 6) is -1.31. The van der Waals surface area contributed by atoms with Crippen molar-refractivity contribution in [3.63, 3.8) is 0 Å². The van der Waals surface area contributed by atoms with Gasteiger partial charge in [-0.05, 0) is 36.8 Å². The third-order valence-electron chi connectivity index (χ3n) is 5.85. The topological polar surface area (TPSA) is 70.1 Å². The van der Waals surface area contributed by atoms with Gasteiger partial charge in [0, 0.05) is 13.0 Å². The van der Waals surface area contributed by atoms with Crippen LogP contribution in [0, 0.1) is 5.82 Å². The Balaban J connectivity index is 1.51. The molecule has 0 N–H and O–H groups in total. The first kappa shape index (κ1) is 23.2. The molecular weight excluding hydrogens is 448 g/mol. The van der Waals surface area contributed by atoms with Gasteiger partial charge in [0.25, 0.3) is 11.8 Å². The van der Waals surface area contributed by atoms with Crippen molar-refractivity contribution in [1.29, 1.82) is 0 Å². The minimum Gasteiger partial charge on any atom is -0.478 e. The number of fused-ring (bicyclic) bond motifs is 1. The van der Waals surface area contributed by atoms with Crippen LogP contribution in [-0.2, 0) is 15.1 Å². The van der Waals surface area contributed by atoms with Gasteiger partial charge in [0.15, 0.2) is 11.9 Å². The zero-order valence-corrected chi connectivity index (χ0v) is 17.9. The van der Waals surface area contributed by atoms with Gasteiger partial charge in [0.1, 0.15) is 30.0 Å². The molecule has 2 fully saturated rings. The first-order chi connectivity index (χ1) is 15.6. The molecule has 1 aromatic carbocycles. The standard InChI is InChI=1S/C22H22F4N2O5/c1-13(22(24,25)26)33-17-7-6-16(27-19(17)30-2)20(29)28-9-8-21(18(11-28)31-12-32-21)14-4-3-5-15(23)10-14/h3-7,10,13,18H,8-9,11-12H2,1-2H3. The van der Waals surface area contributed by atoms with Crippen LogP contribution in [0.3, 0.4) is 0 Å². The van der Waals surface area contributed by atoms with Gasteiger partial charge < -0.3 is 23.8 Å². The molecule has 1 amide bonds. The lowest BCUT2D eigenvalue weighted by atomic mass is 9.82. The molecule has 0 spiro atoms. The number of alkyl halides is 3. The van der Waals surface area contributed by atoms with Crippen molar-refractivity contribution in [2.45, 2.75) is 37.3 Å². The Hall–Kier alpha value is -2.92. The maximum Gasteiger partial charge on any atom is 0.425 e. The lowest BCUT2D eigenvalue weighted by molar-refractivity contribution is -0.189. The third kappa shape index (κ3) is 4.47. The number of benzene rings is 1. The van der Waals surface area contributed by atoms with E-state index < -0.39 is 35.7 Å². The van der Waals surface area contributed by atoms with E-state index in [0.717, 1.165) is 6.92 Å². The number of nitrogens with zero attached hydrogens (tertiary/aromatic N) is 2. The lowest BCUT2D eigenvalue weighted by Gasteiger charge is -2.41. The molecule has 33 heavy (non-hydrogen) atoms. The molecule has 3 atom stereocenters. The first-order valence-corrected chi connectivity index (χ1v) is 10.2. The summed E-state index contributed by atoms with van der Waals surface area (Å²) in [6.07, 6.45) is -6.79. The van der Waals surface area contributed by atoms with Crippen LogP contribution >= 0.6 is 0 Å². The normalized spacial score (nSPS) is 23.7. The fourth-order valence-corrected chi connectivity index (χ4v) is 4.03. The summed E-state index contributed by atoms with van der Waals surface area (Å²) in [7, 11) is 1.22. The highest BCUT2D eigenvalue weighted by molar-refractivity contribution is 5.92. The van der Waals surface area contributed by atoms with Crippen molar-refractivity contribution in [2.24, 2.45) is 0 Å². The van der Waals surface area contributed by atoms with Crippen LogP contribution in [0.5, 0.6) is 11.6 Å².